The van der Waals surface area contributed by atoms with E-state index in [0.29, 0.717) is 0 Å². The first-order chi connectivity index (χ1) is 6.49. The van der Waals surface area contributed by atoms with Crippen molar-refractivity contribution in [1.29, 1.82) is 0 Å². The number of nitrogens with zero attached hydrogens (tertiary/aromatic N) is 2. The molecule has 0 aliphatic carbocycles. The minimum Gasteiger partial charge on any atom is -0.481 e. The molecule has 0 atom stereocenters. The average Bonchev–Trinajstić information content (AvgIpc) is 2.15. The van der Waals surface area contributed by atoms with Crippen molar-refractivity contribution >= 4 is 25.6 Å². The van der Waals surface area contributed by atoms with Crippen molar-refractivity contribution in [2.24, 2.45) is 4.99 Å². The first kappa shape index (κ1) is 11.3. The second-order valence-electron chi connectivity index (χ2n) is 2.32. The summed E-state index contributed by atoms with van der Waals surface area (Å²) in [5.74, 6) is 0.192. The van der Waals surface area contributed by atoms with Crippen LogP contribution in [0.1, 0.15) is 0 Å². The maximum Gasteiger partial charge on any atom is 0.278 e. The Balaban J connectivity index is 3.07. The van der Waals surface area contributed by atoms with Crippen molar-refractivity contribution in [2.45, 2.75) is 0 Å². The quantitative estimate of drug-likeness (QED) is 0.649. The van der Waals surface area contributed by atoms with Crippen LogP contribution < -0.4 is 0 Å². The van der Waals surface area contributed by atoms with Crippen LogP contribution in [0.5, 0.6) is 0 Å². The van der Waals surface area contributed by atoms with Gasteiger partial charge in [-0.2, -0.15) is 0 Å². The summed E-state index contributed by atoms with van der Waals surface area (Å²) in [5, 5.41) is 0.860. The van der Waals surface area contributed by atoms with Gasteiger partial charge in [0.2, 0.25) is 5.90 Å². The molecule has 14 heavy (non-hydrogen) atoms. The van der Waals surface area contributed by atoms with Crippen molar-refractivity contribution < 1.29 is 18.0 Å². The Bertz CT molecular complexity index is 375. The highest BCUT2D eigenvalue weighted by Gasteiger charge is 2.25. The highest BCUT2D eigenvalue weighted by Crippen LogP contribution is 2.20. The second-order valence-corrected chi connectivity index (χ2v) is 4.84. The molecule has 1 aliphatic heterocycles. The summed E-state index contributed by atoms with van der Waals surface area (Å²) in [6.45, 7) is 0.0253. The highest BCUT2D eigenvalue weighted by molar-refractivity contribution is 8.16. The van der Waals surface area contributed by atoms with Crippen LogP contribution in [0.2, 0.25) is 0 Å². The number of methoxy groups -OCH3 is 1. The van der Waals surface area contributed by atoms with Gasteiger partial charge >= 0.3 is 0 Å². The van der Waals surface area contributed by atoms with Gasteiger partial charge in [-0.15, -0.1) is 0 Å². The second kappa shape index (κ2) is 4.16. The Kier molecular flexibility index (Phi) is 3.35. The SMILES string of the molecule is COC1=NCN(OC)C(S(=O)(=O)Cl)=C1. The number of aliphatic imine (C=N–C) groups is 1. The molecule has 8 heteroatoms. The third-order valence-corrected chi connectivity index (χ3v) is 2.82. The van der Waals surface area contributed by atoms with Crippen molar-refractivity contribution in [3.63, 3.8) is 0 Å². The van der Waals surface area contributed by atoms with E-state index in [1.165, 1.54) is 20.3 Å². The molecule has 1 heterocycles. The molecular weight excluding hydrogens is 232 g/mol. The lowest BCUT2D eigenvalue weighted by molar-refractivity contribution is -0.0914. The molecule has 0 fully saturated rings. The fourth-order valence-electron chi connectivity index (χ4n) is 0.890. The van der Waals surface area contributed by atoms with E-state index in [1.54, 1.807) is 0 Å². The predicted molar refractivity (Wildman–Crippen MR) is 51.0 cm³/mol. The average molecular weight is 241 g/mol. The monoisotopic (exact) mass is 240 g/mol. The van der Waals surface area contributed by atoms with Crippen molar-refractivity contribution in [3.05, 3.63) is 11.1 Å². The number of rotatable bonds is 2. The van der Waals surface area contributed by atoms with Crippen molar-refractivity contribution in [3.8, 4) is 0 Å². The Morgan fingerprint density at radius 2 is 2.21 bits per heavy atom. The number of hydroxylamine groups is 2. The summed E-state index contributed by atoms with van der Waals surface area (Å²) >= 11 is 0. The zero-order valence-corrected chi connectivity index (χ0v) is 9.17. The summed E-state index contributed by atoms with van der Waals surface area (Å²) in [5.41, 5.74) is 0. The first-order valence-corrected chi connectivity index (χ1v) is 5.86. The van der Waals surface area contributed by atoms with Gasteiger partial charge in [-0.25, -0.2) is 18.5 Å². The molecular formula is C6H9ClN2O4S. The normalized spacial score (nSPS) is 17.5. The lowest BCUT2D eigenvalue weighted by Crippen LogP contribution is -2.29. The molecule has 0 unspecified atom stereocenters. The Morgan fingerprint density at radius 3 is 2.64 bits per heavy atom. The van der Waals surface area contributed by atoms with Gasteiger partial charge in [0.05, 0.1) is 14.2 Å². The summed E-state index contributed by atoms with van der Waals surface area (Å²) in [4.78, 5) is 8.62. The summed E-state index contributed by atoms with van der Waals surface area (Å²) in [7, 11) is 4.03. The number of halogens is 1. The highest BCUT2D eigenvalue weighted by atomic mass is 35.7. The number of hydrogen-bond acceptors (Lipinski definition) is 6. The lowest BCUT2D eigenvalue weighted by Gasteiger charge is -2.23. The van der Waals surface area contributed by atoms with E-state index < -0.39 is 9.05 Å². The van der Waals surface area contributed by atoms with Crippen LogP contribution in [0.4, 0.5) is 0 Å². The van der Waals surface area contributed by atoms with Gasteiger partial charge < -0.3 is 4.74 Å². The van der Waals surface area contributed by atoms with Crippen LogP contribution in [0, 0.1) is 0 Å². The topological polar surface area (TPSA) is 68.2 Å². The van der Waals surface area contributed by atoms with E-state index in [2.05, 4.69) is 4.99 Å². The van der Waals surface area contributed by atoms with E-state index in [1.807, 2.05) is 0 Å². The van der Waals surface area contributed by atoms with Gasteiger partial charge in [0, 0.05) is 16.8 Å². The molecule has 0 amide bonds. The molecule has 6 nitrogen and oxygen atoms in total. The van der Waals surface area contributed by atoms with Gasteiger partial charge in [0.25, 0.3) is 9.05 Å². The molecule has 0 radical (unpaired) electrons. The zero-order valence-electron chi connectivity index (χ0n) is 7.60. The fraction of sp³-hybridized carbons (Fsp3) is 0.500. The molecule has 1 aliphatic rings. The Morgan fingerprint density at radius 1 is 1.57 bits per heavy atom. The number of hydrogen-bond donors (Lipinski definition) is 0. The van der Waals surface area contributed by atoms with E-state index in [9.17, 15) is 8.42 Å². The van der Waals surface area contributed by atoms with Crippen LogP contribution in [0.3, 0.4) is 0 Å². The zero-order chi connectivity index (χ0) is 10.8. The Labute approximate surface area is 86.1 Å². The van der Waals surface area contributed by atoms with Crippen LogP contribution in [-0.2, 0) is 18.6 Å². The van der Waals surface area contributed by atoms with E-state index in [0.717, 1.165) is 5.06 Å². The lowest BCUT2D eigenvalue weighted by atomic mass is 10.5. The summed E-state index contributed by atoms with van der Waals surface area (Å²) in [6.07, 6.45) is 1.19. The van der Waals surface area contributed by atoms with Gasteiger partial charge in [0.15, 0.2) is 5.03 Å². The minimum atomic E-state index is -3.86. The molecule has 0 N–H and O–H groups in total. The maximum atomic E-state index is 11.1. The first-order valence-electron chi connectivity index (χ1n) is 3.55. The molecule has 0 aromatic carbocycles. The van der Waals surface area contributed by atoms with Crippen LogP contribution in [0.25, 0.3) is 0 Å². The standard InChI is InChI=1S/C6H9ClN2O4S/c1-12-5-3-6(14(7,10)11)9(13-2)4-8-5/h3H,4H2,1-2H3. The van der Waals surface area contributed by atoms with Gasteiger partial charge in [-0.1, -0.05) is 0 Å². The maximum absolute atomic E-state index is 11.1. The van der Waals surface area contributed by atoms with E-state index in [-0.39, 0.29) is 17.6 Å². The Hall–Kier alpha value is -0.790. The van der Waals surface area contributed by atoms with Gasteiger partial charge in [-0.3, -0.25) is 4.84 Å². The van der Waals surface area contributed by atoms with Crippen molar-refractivity contribution in [2.75, 3.05) is 20.9 Å². The third-order valence-electron chi connectivity index (χ3n) is 1.53. The van der Waals surface area contributed by atoms with Crippen LogP contribution >= 0.6 is 10.7 Å². The van der Waals surface area contributed by atoms with E-state index in [4.69, 9.17) is 20.3 Å². The molecule has 1 rings (SSSR count). The van der Waals surface area contributed by atoms with E-state index >= 15 is 0 Å². The predicted octanol–water partition coefficient (Wildman–Crippen LogP) is 0.276. The summed E-state index contributed by atoms with van der Waals surface area (Å²) in [6, 6.07) is 0. The molecule has 0 bridgehead atoms. The largest absolute Gasteiger partial charge is 0.481 e. The minimum absolute atomic E-state index is 0.0253. The van der Waals surface area contributed by atoms with Crippen molar-refractivity contribution in [1.82, 2.24) is 5.06 Å². The van der Waals surface area contributed by atoms with Crippen LogP contribution in [0.15, 0.2) is 16.1 Å². The summed E-state index contributed by atoms with van der Waals surface area (Å²) < 4.78 is 26.9. The van der Waals surface area contributed by atoms with Gasteiger partial charge in [-0.05, 0) is 0 Å². The fourth-order valence-corrected chi connectivity index (χ4v) is 1.87. The molecule has 0 saturated heterocycles. The molecule has 0 aromatic heterocycles. The molecule has 0 spiro atoms. The molecule has 80 valence electrons. The molecule has 0 saturated carbocycles. The third kappa shape index (κ3) is 2.37. The molecule has 0 aromatic rings. The van der Waals surface area contributed by atoms with Crippen LogP contribution in [-0.4, -0.2) is 40.3 Å². The number of ether oxygens (including phenoxy) is 1. The smallest absolute Gasteiger partial charge is 0.278 e. The van der Waals surface area contributed by atoms with Gasteiger partial charge in [0.1, 0.15) is 6.67 Å².